The first-order valence-electron chi connectivity index (χ1n) is 7.21. The Kier molecular flexibility index (Phi) is 4.37. The lowest BCUT2D eigenvalue weighted by atomic mass is 10.0. The second-order valence-corrected chi connectivity index (χ2v) is 8.33. The minimum atomic E-state index is -4.88. The van der Waals surface area contributed by atoms with Crippen LogP contribution >= 0.6 is 0 Å². The molecule has 26 heavy (non-hydrogen) atoms. The molecule has 3 N–H and O–H groups in total. The first kappa shape index (κ1) is 18.5. The average Bonchev–Trinajstić information content (AvgIpc) is 3.04. The molecule has 1 aromatic heterocycles. The highest BCUT2D eigenvalue weighted by Gasteiger charge is 2.49. The molecular weight excluding hydrogens is 394 g/mol. The molecule has 16 heteroatoms. The smallest absolute Gasteiger partial charge is 0.310 e. The average molecular weight is 409 g/mol. The molecule has 0 radical (unpaired) electrons. The van der Waals surface area contributed by atoms with Gasteiger partial charge in [0.1, 0.15) is 12.2 Å². The zero-order chi connectivity index (χ0) is 19.3. The van der Waals surface area contributed by atoms with Gasteiger partial charge in [-0.1, -0.05) is 0 Å². The standard InChI is InChI=1S/C10H15N7O7S2/c1-15-5-12-13-9(15)25(19,20)14-8(11)7-3-2-6-4-16(7)10(18)17(6)24-26(21,22)23/h5-7H,2-4H2,1H3,(H2,11,14)(H,21,22,23)/t6-,7+/m1/s1. The van der Waals surface area contributed by atoms with Crippen LogP contribution in [-0.2, 0) is 31.8 Å². The fourth-order valence-electron chi connectivity index (χ4n) is 2.91. The number of hydrogen-bond acceptors (Lipinski definition) is 9. The summed E-state index contributed by atoms with van der Waals surface area (Å²) in [6.45, 7) is 0.0209. The summed E-state index contributed by atoms with van der Waals surface area (Å²) >= 11 is 0. The Morgan fingerprint density at radius 2 is 2.08 bits per heavy atom. The zero-order valence-corrected chi connectivity index (χ0v) is 14.9. The van der Waals surface area contributed by atoms with E-state index in [-0.39, 0.29) is 19.4 Å². The lowest BCUT2D eigenvalue weighted by Crippen LogP contribution is -2.50. The number of amidine groups is 1. The van der Waals surface area contributed by atoms with Crippen LogP contribution < -0.4 is 4.72 Å². The van der Waals surface area contributed by atoms with Crippen LogP contribution in [-0.4, -0.2) is 76.6 Å². The van der Waals surface area contributed by atoms with Gasteiger partial charge in [0, 0.05) is 13.6 Å². The van der Waals surface area contributed by atoms with E-state index in [4.69, 9.17) is 9.96 Å². The number of fused-ring (bicyclic) bond motifs is 2. The Morgan fingerprint density at radius 1 is 1.38 bits per heavy atom. The van der Waals surface area contributed by atoms with E-state index in [2.05, 4.69) is 14.5 Å². The molecule has 0 unspecified atom stereocenters. The second kappa shape index (κ2) is 6.15. The molecule has 0 aliphatic carbocycles. The fourth-order valence-corrected chi connectivity index (χ4v) is 4.39. The summed E-state index contributed by atoms with van der Waals surface area (Å²) < 4.78 is 62.5. The van der Waals surface area contributed by atoms with Crippen molar-refractivity contribution in [3.8, 4) is 0 Å². The molecule has 2 fully saturated rings. The third-order valence-corrected chi connectivity index (χ3v) is 5.67. The van der Waals surface area contributed by atoms with Gasteiger partial charge in [-0.15, -0.1) is 14.5 Å². The molecule has 1 aromatic rings. The molecule has 2 saturated heterocycles. The first-order valence-corrected chi connectivity index (χ1v) is 10.1. The number of hydroxylamine groups is 2. The maximum absolute atomic E-state index is 12.3. The van der Waals surface area contributed by atoms with E-state index in [9.17, 15) is 21.6 Å². The third kappa shape index (κ3) is 3.35. The number of hydrogen-bond donors (Lipinski definition) is 3. The van der Waals surface area contributed by atoms with Crippen LogP contribution in [0.25, 0.3) is 0 Å². The summed E-state index contributed by atoms with van der Waals surface area (Å²) in [7, 11) is -7.65. The summed E-state index contributed by atoms with van der Waals surface area (Å²) in [4.78, 5) is 13.4. The summed E-state index contributed by atoms with van der Waals surface area (Å²) in [5.74, 6) is -0.478. The molecule has 0 aromatic carbocycles. The maximum atomic E-state index is 12.3. The molecular formula is C10H15N7O7S2. The third-order valence-electron chi connectivity index (χ3n) is 3.99. The lowest BCUT2D eigenvalue weighted by molar-refractivity contribution is -0.0316. The molecule has 3 rings (SSSR count). The van der Waals surface area contributed by atoms with E-state index in [1.54, 1.807) is 0 Å². The Labute approximate surface area is 148 Å². The Morgan fingerprint density at radius 3 is 2.65 bits per heavy atom. The van der Waals surface area contributed by atoms with Gasteiger partial charge < -0.3 is 9.47 Å². The summed E-state index contributed by atoms with van der Waals surface area (Å²) in [5.41, 5.74) is 0. The van der Waals surface area contributed by atoms with Crippen LogP contribution in [0, 0.1) is 5.41 Å². The van der Waals surface area contributed by atoms with Gasteiger partial charge in [-0.25, -0.2) is 4.79 Å². The van der Waals surface area contributed by atoms with E-state index >= 15 is 0 Å². The van der Waals surface area contributed by atoms with Crippen LogP contribution in [0.3, 0.4) is 0 Å². The summed E-state index contributed by atoms with van der Waals surface area (Å²) in [5, 5.41) is 15.1. The molecule has 144 valence electrons. The number of urea groups is 1. The van der Waals surface area contributed by atoms with Crippen molar-refractivity contribution in [3.63, 3.8) is 0 Å². The van der Waals surface area contributed by atoms with Crippen LogP contribution in [0.4, 0.5) is 4.79 Å². The van der Waals surface area contributed by atoms with Crippen molar-refractivity contribution in [2.24, 2.45) is 7.05 Å². The number of aromatic nitrogens is 3. The van der Waals surface area contributed by atoms with E-state index in [0.29, 0.717) is 5.06 Å². The quantitative estimate of drug-likeness (QED) is 0.283. The second-order valence-electron chi connectivity index (χ2n) is 5.75. The van der Waals surface area contributed by atoms with Gasteiger partial charge in [-0.3, -0.25) is 14.7 Å². The number of carbonyl (C=O) groups excluding carboxylic acids is 1. The van der Waals surface area contributed by atoms with Crippen LogP contribution in [0.5, 0.6) is 0 Å². The molecule has 2 atom stereocenters. The number of piperidine rings is 1. The molecule has 0 spiro atoms. The number of sulfonamides is 1. The summed E-state index contributed by atoms with van der Waals surface area (Å²) in [6, 6.07) is -2.46. The molecule has 14 nitrogen and oxygen atoms in total. The van der Waals surface area contributed by atoms with Gasteiger partial charge in [0.2, 0.25) is 0 Å². The van der Waals surface area contributed by atoms with Gasteiger partial charge in [-0.2, -0.15) is 21.9 Å². The lowest BCUT2D eigenvalue weighted by Gasteiger charge is -2.30. The van der Waals surface area contributed by atoms with E-state index in [1.807, 2.05) is 4.72 Å². The van der Waals surface area contributed by atoms with Gasteiger partial charge in [0.15, 0.2) is 0 Å². The van der Waals surface area contributed by atoms with Crippen molar-refractivity contribution in [3.05, 3.63) is 6.33 Å². The van der Waals surface area contributed by atoms with Crippen molar-refractivity contribution in [2.75, 3.05) is 6.54 Å². The van der Waals surface area contributed by atoms with E-state index in [0.717, 1.165) is 9.47 Å². The van der Waals surface area contributed by atoms with Gasteiger partial charge in [0.25, 0.3) is 15.2 Å². The minimum absolute atomic E-state index is 0.0209. The van der Waals surface area contributed by atoms with Crippen molar-refractivity contribution < 1.29 is 30.5 Å². The Balaban J connectivity index is 1.76. The molecule has 3 heterocycles. The largest absolute Gasteiger partial charge is 0.418 e. The Bertz CT molecular complexity index is 956. The highest BCUT2D eigenvalue weighted by atomic mass is 32.3. The number of nitrogens with one attached hydrogen (secondary N) is 2. The first-order chi connectivity index (χ1) is 12.0. The molecule has 2 aliphatic rings. The van der Waals surface area contributed by atoms with Crippen molar-refractivity contribution in [2.45, 2.75) is 30.1 Å². The Hall–Kier alpha value is -2.30. The monoisotopic (exact) mass is 409 g/mol. The van der Waals surface area contributed by atoms with E-state index in [1.165, 1.54) is 13.4 Å². The van der Waals surface area contributed by atoms with Crippen LogP contribution in [0.2, 0.25) is 0 Å². The molecule has 2 amide bonds. The van der Waals surface area contributed by atoms with E-state index < -0.39 is 49.5 Å². The fraction of sp³-hybridized carbons (Fsp3) is 0.600. The zero-order valence-electron chi connectivity index (χ0n) is 13.3. The van der Waals surface area contributed by atoms with Crippen molar-refractivity contribution in [1.29, 1.82) is 5.41 Å². The number of nitrogens with zero attached hydrogens (tertiary/aromatic N) is 5. The highest BCUT2D eigenvalue weighted by molar-refractivity contribution is 7.89. The molecule has 2 bridgehead atoms. The number of rotatable bonds is 5. The predicted octanol–water partition coefficient (Wildman–Crippen LogP) is -1.93. The number of amides is 2. The molecule has 0 saturated carbocycles. The van der Waals surface area contributed by atoms with Gasteiger partial charge in [-0.05, 0) is 12.8 Å². The number of carbonyl (C=O) groups is 1. The maximum Gasteiger partial charge on any atom is 0.418 e. The van der Waals surface area contributed by atoms with Crippen LogP contribution in [0.15, 0.2) is 11.5 Å². The normalized spacial score (nSPS) is 23.4. The number of aryl methyl sites for hydroxylation is 1. The van der Waals surface area contributed by atoms with Crippen LogP contribution in [0.1, 0.15) is 12.8 Å². The van der Waals surface area contributed by atoms with Crippen molar-refractivity contribution >= 4 is 32.3 Å². The topological polar surface area (TPSA) is 188 Å². The van der Waals surface area contributed by atoms with Gasteiger partial charge >= 0.3 is 16.4 Å². The minimum Gasteiger partial charge on any atom is -0.310 e. The van der Waals surface area contributed by atoms with Crippen molar-refractivity contribution in [1.82, 2.24) is 29.4 Å². The SMILES string of the molecule is Cn1cnnc1S(=O)(=O)NC(=N)[C@@H]1CC[C@@H]2CN1C(=O)N2OS(=O)(=O)O. The predicted molar refractivity (Wildman–Crippen MR) is 82.4 cm³/mol. The highest BCUT2D eigenvalue weighted by Crippen LogP contribution is 2.30. The summed E-state index contributed by atoms with van der Waals surface area (Å²) in [6.07, 6.45) is 1.62. The van der Waals surface area contributed by atoms with Gasteiger partial charge in [0.05, 0.1) is 12.1 Å². The molecule has 2 aliphatic heterocycles.